The predicted octanol–water partition coefficient (Wildman–Crippen LogP) is 5.02. The minimum absolute atomic E-state index is 0.0399. The Hall–Kier alpha value is -2.66. The third-order valence-corrected chi connectivity index (χ3v) is 5.88. The van der Waals surface area contributed by atoms with Gasteiger partial charge in [-0.3, -0.25) is 4.79 Å². The Morgan fingerprint density at radius 3 is 2.88 bits per heavy atom. The molecule has 25 heavy (non-hydrogen) atoms. The molecule has 1 amide bonds. The number of hydrogen-bond acceptors (Lipinski definition) is 4. The normalized spacial score (nSPS) is 17.6. The molecule has 0 N–H and O–H groups in total. The number of nitrogens with zero attached hydrogens (tertiary/aromatic N) is 2. The summed E-state index contributed by atoms with van der Waals surface area (Å²) in [5, 5.41) is 1.98. The minimum Gasteiger partial charge on any atom is -0.451 e. The van der Waals surface area contributed by atoms with Crippen molar-refractivity contribution in [3.8, 4) is 0 Å². The van der Waals surface area contributed by atoms with Crippen LogP contribution in [0.2, 0.25) is 0 Å². The zero-order chi connectivity index (χ0) is 16.8. The molecule has 1 saturated heterocycles. The van der Waals surface area contributed by atoms with Crippen LogP contribution in [0.25, 0.3) is 21.2 Å². The molecule has 0 saturated carbocycles. The molecule has 0 radical (unpaired) electrons. The van der Waals surface area contributed by atoms with Crippen LogP contribution in [0.5, 0.6) is 0 Å². The summed E-state index contributed by atoms with van der Waals surface area (Å²) >= 11 is 1.68. The molecule has 1 aliphatic heterocycles. The van der Waals surface area contributed by atoms with Crippen LogP contribution in [0.3, 0.4) is 0 Å². The number of furan rings is 1. The van der Waals surface area contributed by atoms with E-state index in [-0.39, 0.29) is 11.9 Å². The number of para-hydroxylation sites is 2. The quantitative estimate of drug-likeness (QED) is 0.511. The van der Waals surface area contributed by atoms with Crippen molar-refractivity contribution in [2.24, 2.45) is 0 Å². The average Bonchev–Trinajstić information content (AvgIpc) is 3.36. The van der Waals surface area contributed by atoms with Gasteiger partial charge in [-0.25, -0.2) is 4.98 Å². The Morgan fingerprint density at radius 1 is 1.16 bits per heavy atom. The number of hydrogen-bond donors (Lipinski definition) is 0. The van der Waals surface area contributed by atoms with Gasteiger partial charge in [0.05, 0.1) is 16.3 Å². The molecular weight excluding hydrogens is 332 g/mol. The molecule has 0 aliphatic carbocycles. The molecule has 0 bridgehead atoms. The fourth-order valence-electron chi connectivity index (χ4n) is 3.53. The number of carbonyl (C=O) groups excluding carboxylic acids is 1. The summed E-state index contributed by atoms with van der Waals surface area (Å²) in [5.41, 5.74) is 1.76. The number of benzene rings is 2. The molecule has 2 aromatic carbocycles. The Labute approximate surface area is 148 Å². The van der Waals surface area contributed by atoms with Crippen molar-refractivity contribution in [3.63, 3.8) is 0 Å². The Balaban J connectivity index is 1.50. The van der Waals surface area contributed by atoms with Crippen molar-refractivity contribution in [2.75, 3.05) is 6.54 Å². The fraction of sp³-hybridized carbons (Fsp3) is 0.200. The van der Waals surface area contributed by atoms with Gasteiger partial charge in [0.15, 0.2) is 5.76 Å². The standard InChI is InChI=1S/C20H16N2O2S/c23-20(17-12-13-6-1-3-9-16(13)24-17)22-11-5-8-15(22)19-21-14-7-2-4-10-18(14)25-19/h1-4,6-7,9-10,12,15H,5,8,11H2. The van der Waals surface area contributed by atoms with Gasteiger partial charge >= 0.3 is 0 Å². The lowest BCUT2D eigenvalue weighted by atomic mass is 10.2. The van der Waals surface area contributed by atoms with E-state index in [1.54, 1.807) is 11.3 Å². The third-order valence-electron chi connectivity index (χ3n) is 4.75. The van der Waals surface area contributed by atoms with Crippen LogP contribution in [0.15, 0.2) is 59.0 Å². The SMILES string of the molecule is O=C(c1cc2ccccc2o1)N1CCCC1c1nc2ccccc2s1. The van der Waals surface area contributed by atoms with Gasteiger partial charge in [-0.05, 0) is 37.1 Å². The van der Waals surface area contributed by atoms with Gasteiger partial charge in [0, 0.05) is 11.9 Å². The number of rotatable bonds is 2. The molecule has 1 unspecified atom stereocenters. The highest BCUT2D eigenvalue weighted by Crippen LogP contribution is 2.37. The van der Waals surface area contributed by atoms with Crippen molar-refractivity contribution in [1.29, 1.82) is 0 Å². The summed E-state index contributed by atoms with van der Waals surface area (Å²) in [4.78, 5) is 19.7. The molecule has 1 fully saturated rings. The zero-order valence-electron chi connectivity index (χ0n) is 13.5. The molecule has 0 spiro atoms. The highest BCUT2D eigenvalue weighted by molar-refractivity contribution is 7.18. The summed E-state index contributed by atoms with van der Waals surface area (Å²) in [6.07, 6.45) is 1.94. The number of aromatic nitrogens is 1. The molecule has 1 aliphatic rings. The van der Waals surface area contributed by atoms with E-state index in [0.717, 1.165) is 40.9 Å². The first kappa shape index (κ1) is 14.7. The summed E-state index contributed by atoms with van der Waals surface area (Å²) in [5.74, 6) is 0.368. The molecule has 4 aromatic rings. The van der Waals surface area contributed by atoms with Crippen molar-refractivity contribution >= 4 is 38.4 Å². The predicted molar refractivity (Wildman–Crippen MR) is 98.8 cm³/mol. The largest absolute Gasteiger partial charge is 0.451 e. The second-order valence-electron chi connectivity index (χ2n) is 6.32. The lowest BCUT2D eigenvalue weighted by molar-refractivity contribution is 0.0705. The van der Waals surface area contributed by atoms with Crippen molar-refractivity contribution in [3.05, 3.63) is 65.4 Å². The van der Waals surface area contributed by atoms with E-state index in [4.69, 9.17) is 9.40 Å². The van der Waals surface area contributed by atoms with E-state index >= 15 is 0 Å². The van der Waals surface area contributed by atoms with Crippen LogP contribution in [0, 0.1) is 0 Å². The second kappa shape index (κ2) is 5.70. The number of amides is 1. The molecule has 3 heterocycles. The van der Waals surface area contributed by atoms with E-state index in [0.29, 0.717) is 5.76 Å². The molecule has 5 heteroatoms. The topological polar surface area (TPSA) is 46.3 Å². The maximum absolute atomic E-state index is 13.0. The molecule has 4 nitrogen and oxygen atoms in total. The first-order chi connectivity index (χ1) is 12.3. The fourth-order valence-corrected chi connectivity index (χ4v) is 4.64. The first-order valence-corrected chi connectivity index (χ1v) is 9.26. The second-order valence-corrected chi connectivity index (χ2v) is 7.39. The van der Waals surface area contributed by atoms with Gasteiger partial charge in [-0.15, -0.1) is 11.3 Å². The third kappa shape index (κ3) is 2.43. The molecule has 2 aromatic heterocycles. The summed E-state index contributed by atoms with van der Waals surface area (Å²) in [6, 6.07) is 17.7. The van der Waals surface area contributed by atoms with E-state index in [1.165, 1.54) is 4.70 Å². The van der Waals surface area contributed by atoms with Crippen LogP contribution >= 0.6 is 11.3 Å². The Morgan fingerprint density at radius 2 is 2.00 bits per heavy atom. The first-order valence-electron chi connectivity index (χ1n) is 8.44. The van der Waals surface area contributed by atoms with Crippen molar-refractivity contribution < 1.29 is 9.21 Å². The molecular formula is C20H16N2O2S. The number of carbonyl (C=O) groups is 1. The van der Waals surface area contributed by atoms with E-state index < -0.39 is 0 Å². The minimum atomic E-state index is -0.0436. The Kier molecular flexibility index (Phi) is 3.35. The van der Waals surface area contributed by atoms with Gasteiger partial charge in [0.2, 0.25) is 0 Å². The van der Waals surface area contributed by atoms with E-state index in [1.807, 2.05) is 53.4 Å². The molecule has 1 atom stereocenters. The van der Waals surface area contributed by atoms with Gasteiger partial charge < -0.3 is 9.32 Å². The van der Waals surface area contributed by atoms with Gasteiger partial charge in [0.1, 0.15) is 10.6 Å². The van der Waals surface area contributed by atoms with E-state index in [2.05, 4.69) is 6.07 Å². The van der Waals surface area contributed by atoms with Crippen LogP contribution in [-0.4, -0.2) is 22.3 Å². The van der Waals surface area contributed by atoms with Crippen LogP contribution < -0.4 is 0 Å². The van der Waals surface area contributed by atoms with Crippen LogP contribution in [0.4, 0.5) is 0 Å². The average molecular weight is 348 g/mol. The lowest BCUT2D eigenvalue weighted by Crippen LogP contribution is -2.30. The highest BCUT2D eigenvalue weighted by atomic mass is 32.1. The molecule has 5 rings (SSSR count). The number of fused-ring (bicyclic) bond motifs is 2. The molecule has 124 valence electrons. The summed E-state index contributed by atoms with van der Waals surface area (Å²) in [6.45, 7) is 0.746. The van der Waals surface area contributed by atoms with Gasteiger partial charge in [-0.1, -0.05) is 30.3 Å². The smallest absolute Gasteiger partial charge is 0.290 e. The number of likely N-dealkylation sites (tertiary alicyclic amines) is 1. The van der Waals surface area contributed by atoms with E-state index in [9.17, 15) is 4.79 Å². The van der Waals surface area contributed by atoms with Crippen molar-refractivity contribution in [2.45, 2.75) is 18.9 Å². The monoisotopic (exact) mass is 348 g/mol. The zero-order valence-corrected chi connectivity index (χ0v) is 14.3. The summed E-state index contributed by atoms with van der Waals surface area (Å²) < 4.78 is 6.94. The van der Waals surface area contributed by atoms with Crippen LogP contribution in [-0.2, 0) is 0 Å². The Bertz CT molecular complexity index is 1020. The van der Waals surface area contributed by atoms with Crippen molar-refractivity contribution in [1.82, 2.24) is 9.88 Å². The summed E-state index contributed by atoms with van der Waals surface area (Å²) in [7, 11) is 0. The maximum atomic E-state index is 13.0. The van der Waals surface area contributed by atoms with Gasteiger partial charge in [-0.2, -0.15) is 0 Å². The maximum Gasteiger partial charge on any atom is 0.290 e. The van der Waals surface area contributed by atoms with Gasteiger partial charge in [0.25, 0.3) is 5.91 Å². The highest BCUT2D eigenvalue weighted by Gasteiger charge is 2.34. The number of thiazole rings is 1. The lowest BCUT2D eigenvalue weighted by Gasteiger charge is -2.21. The van der Waals surface area contributed by atoms with Crippen LogP contribution in [0.1, 0.15) is 34.4 Å².